The number of esters is 1. The van der Waals surface area contributed by atoms with Crippen molar-refractivity contribution < 1.29 is 61.6 Å². The highest BCUT2D eigenvalue weighted by molar-refractivity contribution is 5.69. The molecule has 0 saturated heterocycles. The van der Waals surface area contributed by atoms with Crippen molar-refractivity contribution in [2.75, 3.05) is 152 Å². The number of carbonyl (C=O) groups excluding carboxylic acids is 1. The maximum Gasteiger partial charge on any atom is 0.307 e. The summed E-state index contributed by atoms with van der Waals surface area (Å²) < 4.78 is 64.7. The van der Waals surface area contributed by atoms with Crippen LogP contribution in [0.5, 0.6) is 0 Å². The summed E-state index contributed by atoms with van der Waals surface area (Å²) in [6.45, 7) is 13.8. The average molecular weight is 713 g/mol. The number of rotatable bonds is 44. The van der Waals surface area contributed by atoms with Crippen LogP contribution in [0.2, 0.25) is 0 Å². The van der Waals surface area contributed by atoms with Crippen LogP contribution < -0.4 is 0 Å². The van der Waals surface area contributed by atoms with Crippen molar-refractivity contribution in [3.05, 3.63) is 0 Å². The first-order chi connectivity index (χ1) is 24.3. The van der Waals surface area contributed by atoms with Gasteiger partial charge in [0.25, 0.3) is 0 Å². The maximum absolute atomic E-state index is 10.9. The first kappa shape index (κ1) is 48.0. The Hall–Kier alpha value is -0.970. The zero-order valence-corrected chi connectivity index (χ0v) is 31.1. The van der Waals surface area contributed by atoms with E-state index in [1.54, 1.807) is 0 Å². The molecule has 49 heavy (non-hydrogen) atoms. The molecule has 0 unspecified atom stereocenters. The highest BCUT2D eigenvalue weighted by Gasteiger charge is 2.00. The molecule has 13 heteroatoms. The van der Waals surface area contributed by atoms with Gasteiger partial charge in [-0.25, -0.2) is 0 Å². The first-order valence-electron chi connectivity index (χ1n) is 18.7. The second-order valence-corrected chi connectivity index (χ2v) is 11.2. The van der Waals surface area contributed by atoms with E-state index < -0.39 is 0 Å². The molecule has 0 N–H and O–H groups in total. The minimum Gasteiger partial charge on any atom is -0.469 e. The predicted molar refractivity (Wildman–Crippen MR) is 187 cm³/mol. The molecule has 0 aromatic carbocycles. The van der Waals surface area contributed by atoms with E-state index in [1.165, 1.54) is 64.9 Å². The molecular weight excluding hydrogens is 640 g/mol. The van der Waals surface area contributed by atoms with Crippen molar-refractivity contribution >= 4 is 5.97 Å². The van der Waals surface area contributed by atoms with E-state index in [9.17, 15) is 4.79 Å². The van der Waals surface area contributed by atoms with Gasteiger partial charge in [-0.1, -0.05) is 64.7 Å². The standard InChI is InChI=1S/C36H72O13/c1-3-4-5-6-7-8-9-10-11-12-14-39-16-18-41-20-22-43-24-26-45-28-30-47-32-34-49-35-33-48-31-29-46-27-25-44-23-21-42-19-17-40-15-13-36(37)38-2/h3-35H2,1-2H3. The number of hydrogen-bond acceptors (Lipinski definition) is 13. The van der Waals surface area contributed by atoms with Gasteiger partial charge in [0, 0.05) is 6.61 Å². The van der Waals surface area contributed by atoms with Gasteiger partial charge in [0.15, 0.2) is 0 Å². The van der Waals surface area contributed by atoms with E-state index in [0.29, 0.717) is 139 Å². The van der Waals surface area contributed by atoms with Crippen LogP contribution in [-0.4, -0.2) is 158 Å². The summed E-state index contributed by atoms with van der Waals surface area (Å²) in [5.74, 6) is -0.283. The van der Waals surface area contributed by atoms with Crippen LogP contribution in [0.25, 0.3) is 0 Å². The number of hydrogen-bond donors (Lipinski definition) is 0. The van der Waals surface area contributed by atoms with Crippen molar-refractivity contribution in [1.29, 1.82) is 0 Å². The Morgan fingerprint density at radius 3 is 0.796 bits per heavy atom. The smallest absolute Gasteiger partial charge is 0.307 e. The Morgan fingerprint density at radius 2 is 0.531 bits per heavy atom. The van der Waals surface area contributed by atoms with E-state index >= 15 is 0 Å². The zero-order chi connectivity index (χ0) is 35.4. The van der Waals surface area contributed by atoms with Crippen molar-refractivity contribution in [2.45, 2.75) is 77.6 Å². The molecule has 0 rings (SSSR count). The molecular formula is C36H72O13. The third-order valence-corrected chi connectivity index (χ3v) is 7.04. The fraction of sp³-hybridized carbons (Fsp3) is 0.972. The Morgan fingerprint density at radius 1 is 0.306 bits per heavy atom. The Kier molecular flexibility index (Phi) is 44.2. The van der Waals surface area contributed by atoms with Gasteiger partial charge in [0.05, 0.1) is 152 Å². The van der Waals surface area contributed by atoms with E-state index in [-0.39, 0.29) is 12.4 Å². The van der Waals surface area contributed by atoms with Crippen molar-refractivity contribution in [3.63, 3.8) is 0 Å². The van der Waals surface area contributed by atoms with Crippen LogP contribution in [0.4, 0.5) is 0 Å². The molecule has 0 atom stereocenters. The monoisotopic (exact) mass is 712 g/mol. The lowest BCUT2D eigenvalue weighted by Crippen LogP contribution is -2.15. The molecule has 0 aliphatic heterocycles. The van der Waals surface area contributed by atoms with E-state index in [0.717, 1.165) is 13.0 Å². The quantitative estimate of drug-likeness (QED) is 0.0643. The van der Waals surface area contributed by atoms with Gasteiger partial charge in [-0.05, 0) is 6.42 Å². The molecule has 0 saturated carbocycles. The third-order valence-electron chi connectivity index (χ3n) is 7.04. The molecule has 294 valence electrons. The second kappa shape index (κ2) is 45.1. The first-order valence-corrected chi connectivity index (χ1v) is 18.7. The summed E-state index contributed by atoms with van der Waals surface area (Å²) in [6.07, 6.45) is 13.6. The van der Waals surface area contributed by atoms with Crippen LogP contribution in [-0.2, 0) is 61.6 Å². The molecule has 0 radical (unpaired) electrons. The molecule has 0 aromatic rings. The number of unbranched alkanes of at least 4 members (excludes halogenated alkanes) is 9. The molecule has 0 amide bonds. The van der Waals surface area contributed by atoms with Gasteiger partial charge in [-0.15, -0.1) is 0 Å². The fourth-order valence-electron chi connectivity index (χ4n) is 4.25. The van der Waals surface area contributed by atoms with Crippen LogP contribution in [0.15, 0.2) is 0 Å². The maximum atomic E-state index is 10.9. The minimum atomic E-state index is -0.283. The van der Waals surface area contributed by atoms with Gasteiger partial charge in [-0.3, -0.25) is 4.79 Å². The molecule has 0 aromatic heterocycles. The van der Waals surface area contributed by atoms with Crippen LogP contribution in [0.3, 0.4) is 0 Å². The summed E-state index contributed by atoms with van der Waals surface area (Å²) in [6, 6.07) is 0. The molecule has 0 aliphatic rings. The topological polar surface area (TPSA) is 128 Å². The summed E-state index contributed by atoms with van der Waals surface area (Å²) in [5, 5.41) is 0. The lowest BCUT2D eigenvalue weighted by atomic mass is 10.1. The normalized spacial score (nSPS) is 11.5. The van der Waals surface area contributed by atoms with Crippen molar-refractivity contribution in [1.82, 2.24) is 0 Å². The molecule has 0 heterocycles. The van der Waals surface area contributed by atoms with Crippen LogP contribution >= 0.6 is 0 Å². The number of ether oxygens (including phenoxy) is 12. The average Bonchev–Trinajstić information content (AvgIpc) is 3.11. The summed E-state index contributed by atoms with van der Waals surface area (Å²) in [5.41, 5.74) is 0. The third kappa shape index (κ3) is 45.0. The lowest BCUT2D eigenvalue weighted by molar-refractivity contribution is -0.141. The minimum absolute atomic E-state index is 0.247. The Bertz CT molecular complexity index is 615. The lowest BCUT2D eigenvalue weighted by Gasteiger charge is -2.09. The predicted octanol–water partition coefficient (Wildman–Crippen LogP) is 4.65. The molecule has 0 aliphatic carbocycles. The Balaban J connectivity index is 3.05. The van der Waals surface area contributed by atoms with E-state index in [2.05, 4.69) is 11.7 Å². The molecule has 13 nitrogen and oxygen atoms in total. The Labute approximate surface area is 297 Å². The van der Waals surface area contributed by atoms with Crippen molar-refractivity contribution in [3.8, 4) is 0 Å². The number of carbonyl (C=O) groups is 1. The summed E-state index contributed by atoms with van der Waals surface area (Å²) in [4.78, 5) is 10.9. The highest BCUT2D eigenvalue weighted by Crippen LogP contribution is 2.10. The van der Waals surface area contributed by atoms with Gasteiger partial charge >= 0.3 is 5.97 Å². The van der Waals surface area contributed by atoms with Gasteiger partial charge in [0.2, 0.25) is 0 Å². The molecule has 0 bridgehead atoms. The zero-order valence-electron chi connectivity index (χ0n) is 31.1. The number of methoxy groups -OCH3 is 1. The summed E-state index contributed by atoms with van der Waals surface area (Å²) >= 11 is 0. The van der Waals surface area contributed by atoms with E-state index in [4.69, 9.17) is 52.1 Å². The van der Waals surface area contributed by atoms with Crippen LogP contribution in [0, 0.1) is 0 Å². The highest BCUT2D eigenvalue weighted by atomic mass is 16.6. The molecule has 0 fully saturated rings. The molecule has 0 spiro atoms. The van der Waals surface area contributed by atoms with Gasteiger partial charge in [-0.2, -0.15) is 0 Å². The SMILES string of the molecule is CCCCCCCCCCCCOCCOCCOCCOCCOCCOCCOCCOCCOCCOCCOCCC(=O)OC. The van der Waals surface area contributed by atoms with Crippen LogP contribution in [0.1, 0.15) is 77.6 Å². The summed E-state index contributed by atoms with van der Waals surface area (Å²) in [7, 11) is 1.36. The van der Waals surface area contributed by atoms with E-state index in [1.807, 2.05) is 0 Å². The van der Waals surface area contributed by atoms with Gasteiger partial charge < -0.3 is 56.8 Å². The van der Waals surface area contributed by atoms with Crippen molar-refractivity contribution in [2.24, 2.45) is 0 Å². The second-order valence-electron chi connectivity index (χ2n) is 11.2. The largest absolute Gasteiger partial charge is 0.469 e. The fourth-order valence-corrected chi connectivity index (χ4v) is 4.25. The van der Waals surface area contributed by atoms with Gasteiger partial charge in [0.1, 0.15) is 0 Å².